The van der Waals surface area contributed by atoms with Crippen molar-refractivity contribution in [2.75, 3.05) is 0 Å². The van der Waals surface area contributed by atoms with Crippen LogP contribution in [0.2, 0.25) is 0 Å². The van der Waals surface area contributed by atoms with E-state index in [2.05, 4.69) is 25.8 Å². The van der Waals surface area contributed by atoms with Crippen molar-refractivity contribution in [3.63, 3.8) is 0 Å². The van der Waals surface area contributed by atoms with Gasteiger partial charge in [-0.1, -0.05) is 27.2 Å². The lowest BCUT2D eigenvalue weighted by Crippen LogP contribution is -2.19. The molecule has 1 rings (SSSR count). The summed E-state index contributed by atoms with van der Waals surface area (Å²) in [5.41, 5.74) is 5.72. The average Bonchev–Trinajstić information content (AvgIpc) is 2.67. The highest BCUT2D eigenvalue weighted by Crippen LogP contribution is 2.36. The summed E-state index contributed by atoms with van der Waals surface area (Å²) in [7, 11) is 0. The Morgan fingerprint density at radius 2 is 2.27 bits per heavy atom. The molecular formula is C9H18N2. The van der Waals surface area contributed by atoms with Gasteiger partial charge >= 0.3 is 0 Å². The third kappa shape index (κ3) is 2.21. The minimum Gasteiger partial charge on any atom is -0.387 e. The van der Waals surface area contributed by atoms with Gasteiger partial charge in [0.05, 0.1) is 11.9 Å². The van der Waals surface area contributed by atoms with Crippen LogP contribution in [0.1, 0.15) is 33.6 Å². The van der Waals surface area contributed by atoms with Crippen LogP contribution in [-0.4, -0.2) is 11.9 Å². The molecule has 0 aromatic rings. The van der Waals surface area contributed by atoms with Crippen LogP contribution in [0.4, 0.5) is 0 Å². The molecule has 0 radical (unpaired) electrons. The van der Waals surface area contributed by atoms with Crippen molar-refractivity contribution >= 4 is 5.84 Å². The summed E-state index contributed by atoms with van der Waals surface area (Å²) in [4.78, 5) is 4.43. The SMILES string of the molecule is CCC1CC1N=C(N)C(C)C. The van der Waals surface area contributed by atoms with E-state index in [0.717, 1.165) is 11.8 Å². The number of aliphatic imine (C=N–C) groups is 1. The topological polar surface area (TPSA) is 38.4 Å². The molecule has 0 aliphatic heterocycles. The van der Waals surface area contributed by atoms with Crippen molar-refractivity contribution in [2.45, 2.75) is 39.7 Å². The predicted octanol–water partition coefficient (Wildman–Crippen LogP) is 1.80. The van der Waals surface area contributed by atoms with Gasteiger partial charge in [-0.05, 0) is 12.3 Å². The Kier molecular flexibility index (Phi) is 2.53. The minimum atomic E-state index is 0.410. The molecule has 0 aromatic carbocycles. The molecule has 0 saturated heterocycles. The van der Waals surface area contributed by atoms with Gasteiger partial charge in [-0.25, -0.2) is 0 Å². The third-order valence-corrected chi connectivity index (χ3v) is 2.32. The molecule has 2 N–H and O–H groups in total. The highest BCUT2D eigenvalue weighted by molar-refractivity contribution is 5.82. The lowest BCUT2D eigenvalue weighted by atomic mass is 10.2. The average molecular weight is 154 g/mol. The van der Waals surface area contributed by atoms with Gasteiger partial charge in [0.15, 0.2) is 0 Å². The molecule has 0 bridgehead atoms. The Labute approximate surface area is 68.9 Å². The molecule has 1 fully saturated rings. The molecule has 0 aromatic heterocycles. The molecule has 1 saturated carbocycles. The zero-order valence-electron chi connectivity index (χ0n) is 7.67. The number of hydrogen-bond acceptors (Lipinski definition) is 1. The van der Waals surface area contributed by atoms with Crippen molar-refractivity contribution in [1.82, 2.24) is 0 Å². The highest BCUT2D eigenvalue weighted by Gasteiger charge is 2.35. The summed E-state index contributed by atoms with van der Waals surface area (Å²) in [5, 5.41) is 0. The monoisotopic (exact) mass is 154 g/mol. The first-order valence-corrected chi connectivity index (χ1v) is 4.48. The first-order valence-electron chi connectivity index (χ1n) is 4.48. The van der Waals surface area contributed by atoms with Gasteiger partial charge in [0.2, 0.25) is 0 Å². The second kappa shape index (κ2) is 3.24. The van der Waals surface area contributed by atoms with Gasteiger partial charge < -0.3 is 5.73 Å². The molecule has 64 valence electrons. The molecule has 0 heterocycles. The van der Waals surface area contributed by atoms with Gasteiger partial charge in [0.25, 0.3) is 0 Å². The molecule has 1 aliphatic rings. The number of nitrogens with two attached hydrogens (primary N) is 1. The molecule has 0 amide bonds. The zero-order valence-corrected chi connectivity index (χ0v) is 7.67. The van der Waals surface area contributed by atoms with Crippen molar-refractivity contribution in [3.8, 4) is 0 Å². The second-order valence-corrected chi connectivity index (χ2v) is 3.68. The fourth-order valence-electron chi connectivity index (χ4n) is 1.17. The third-order valence-electron chi connectivity index (χ3n) is 2.32. The van der Waals surface area contributed by atoms with Crippen LogP contribution in [0.3, 0.4) is 0 Å². The van der Waals surface area contributed by atoms with Crippen molar-refractivity contribution < 1.29 is 0 Å². The maximum Gasteiger partial charge on any atom is 0.0966 e. The highest BCUT2D eigenvalue weighted by atomic mass is 14.9. The Morgan fingerprint density at radius 3 is 2.64 bits per heavy atom. The summed E-state index contributed by atoms with van der Waals surface area (Å²) < 4.78 is 0. The van der Waals surface area contributed by atoms with Crippen LogP contribution in [0.25, 0.3) is 0 Å². The van der Waals surface area contributed by atoms with Gasteiger partial charge in [-0.2, -0.15) is 0 Å². The van der Waals surface area contributed by atoms with E-state index in [4.69, 9.17) is 5.73 Å². The molecule has 2 unspecified atom stereocenters. The van der Waals surface area contributed by atoms with Crippen molar-refractivity contribution in [1.29, 1.82) is 0 Å². The van der Waals surface area contributed by atoms with E-state index >= 15 is 0 Å². The van der Waals surface area contributed by atoms with E-state index in [9.17, 15) is 0 Å². The van der Waals surface area contributed by atoms with E-state index in [-0.39, 0.29) is 0 Å². The maximum absolute atomic E-state index is 5.72. The normalized spacial score (nSPS) is 31.1. The van der Waals surface area contributed by atoms with E-state index in [1.54, 1.807) is 0 Å². The Morgan fingerprint density at radius 1 is 1.64 bits per heavy atom. The molecule has 0 spiro atoms. The van der Waals surface area contributed by atoms with Crippen LogP contribution >= 0.6 is 0 Å². The molecule has 2 nitrogen and oxygen atoms in total. The van der Waals surface area contributed by atoms with E-state index in [1.165, 1.54) is 12.8 Å². The zero-order chi connectivity index (χ0) is 8.43. The van der Waals surface area contributed by atoms with Gasteiger partial charge in [0, 0.05) is 5.92 Å². The summed E-state index contributed by atoms with van der Waals surface area (Å²) in [6.07, 6.45) is 2.50. The molecule has 2 heteroatoms. The first kappa shape index (κ1) is 8.57. The first-order chi connectivity index (χ1) is 5.15. The van der Waals surface area contributed by atoms with Crippen LogP contribution in [0, 0.1) is 11.8 Å². The van der Waals surface area contributed by atoms with E-state index in [1.807, 2.05) is 0 Å². The standard InChI is InChI=1S/C9H18N2/c1-4-7-5-8(7)11-9(10)6(2)3/h6-8H,4-5H2,1-3H3,(H2,10,11). The van der Waals surface area contributed by atoms with Crippen LogP contribution in [0.15, 0.2) is 4.99 Å². The van der Waals surface area contributed by atoms with Crippen LogP contribution in [0.5, 0.6) is 0 Å². The lowest BCUT2D eigenvalue weighted by Gasteiger charge is -2.02. The van der Waals surface area contributed by atoms with Crippen molar-refractivity contribution in [2.24, 2.45) is 22.6 Å². The number of nitrogens with zero attached hydrogens (tertiary/aromatic N) is 1. The molecule has 11 heavy (non-hydrogen) atoms. The Hall–Kier alpha value is -0.530. The molecule has 1 aliphatic carbocycles. The Balaban J connectivity index is 2.36. The minimum absolute atomic E-state index is 0.410. The maximum atomic E-state index is 5.72. The molecule has 2 atom stereocenters. The summed E-state index contributed by atoms with van der Waals surface area (Å²) >= 11 is 0. The largest absolute Gasteiger partial charge is 0.387 e. The van der Waals surface area contributed by atoms with Gasteiger partial charge in [-0.3, -0.25) is 4.99 Å². The summed E-state index contributed by atoms with van der Waals surface area (Å²) in [6.45, 7) is 6.39. The summed E-state index contributed by atoms with van der Waals surface area (Å²) in [5.74, 6) is 2.06. The quantitative estimate of drug-likeness (QED) is 0.488. The smallest absolute Gasteiger partial charge is 0.0966 e. The van der Waals surface area contributed by atoms with Crippen molar-refractivity contribution in [3.05, 3.63) is 0 Å². The van der Waals surface area contributed by atoms with Gasteiger partial charge in [0.1, 0.15) is 0 Å². The fourth-order valence-corrected chi connectivity index (χ4v) is 1.17. The van der Waals surface area contributed by atoms with Crippen LogP contribution < -0.4 is 5.73 Å². The second-order valence-electron chi connectivity index (χ2n) is 3.68. The van der Waals surface area contributed by atoms with Crippen LogP contribution in [-0.2, 0) is 0 Å². The van der Waals surface area contributed by atoms with E-state index < -0.39 is 0 Å². The van der Waals surface area contributed by atoms with E-state index in [0.29, 0.717) is 12.0 Å². The Bertz CT molecular complexity index is 161. The number of amidine groups is 1. The lowest BCUT2D eigenvalue weighted by molar-refractivity contribution is 0.751. The number of hydrogen-bond donors (Lipinski definition) is 1. The van der Waals surface area contributed by atoms with Gasteiger partial charge in [-0.15, -0.1) is 0 Å². The fraction of sp³-hybridized carbons (Fsp3) is 0.889. The predicted molar refractivity (Wildman–Crippen MR) is 48.6 cm³/mol. The number of rotatable bonds is 3. The summed E-state index contributed by atoms with van der Waals surface area (Å²) in [6, 6.07) is 0.558. The molecular weight excluding hydrogens is 136 g/mol.